The van der Waals surface area contributed by atoms with Crippen LogP contribution in [0.4, 0.5) is 11.6 Å². The molecule has 0 amide bonds. The van der Waals surface area contributed by atoms with Gasteiger partial charge in [0.25, 0.3) is 0 Å². The first kappa shape index (κ1) is 15.9. The zero-order valence-electron chi connectivity index (χ0n) is 9.94. The average Bonchev–Trinajstić information content (AvgIpc) is 2.32. The molecule has 0 saturated heterocycles. The Morgan fingerprint density at radius 1 is 1.05 bits per heavy atom. The molecule has 1 aromatic heterocycles. The van der Waals surface area contributed by atoms with Crippen molar-refractivity contribution in [2.45, 2.75) is 6.92 Å². The van der Waals surface area contributed by atoms with Crippen LogP contribution in [0.3, 0.4) is 0 Å². The fraction of sp³-hybridized carbons (Fsp3) is 0.182. The van der Waals surface area contributed by atoms with Gasteiger partial charge in [0.1, 0.15) is 0 Å². The number of anilines is 2. The highest BCUT2D eigenvalue weighted by molar-refractivity contribution is 6.33. The van der Waals surface area contributed by atoms with Crippen LogP contribution in [0.15, 0.2) is 24.3 Å². The molecule has 0 radical (unpaired) electrons. The number of hydrogen-bond donors (Lipinski definition) is 2. The Hall–Kier alpha value is -1.14. The van der Waals surface area contributed by atoms with Crippen LogP contribution in [0.25, 0.3) is 0 Å². The van der Waals surface area contributed by atoms with E-state index in [9.17, 15) is 0 Å². The summed E-state index contributed by atoms with van der Waals surface area (Å²) in [5, 5.41) is 11.1. The van der Waals surface area contributed by atoms with Gasteiger partial charge < -0.3 is 10.4 Å². The van der Waals surface area contributed by atoms with E-state index in [0.29, 0.717) is 10.7 Å². The normalized spacial score (nSPS) is 9.53. The van der Waals surface area contributed by atoms with Gasteiger partial charge in [-0.15, -0.1) is 0 Å². The van der Waals surface area contributed by atoms with Crippen LogP contribution >= 0.6 is 34.8 Å². The second kappa shape index (κ2) is 8.12. The van der Waals surface area contributed by atoms with Crippen molar-refractivity contribution in [3.63, 3.8) is 0 Å². The summed E-state index contributed by atoms with van der Waals surface area (Å²) < 4.78 is 0. The number of benzene rings is 1. The SMILES string of the molecule is CCO.Clc1nc(Cl)nc(Nc2ccccc2Cl)n1. The first-order valence-electron chi connectivity index (χ1n) is 5.26. The Balaban J connectivity index is 0.000000550. The molecule has 0 bridgehead atoms. The molecule has 19 heavy (non-hydrogen) atoms. The molecule has 0 aliphatic carbocycles. The summed E-state index contributed by atoms with van der Waals surface area (Å²) in [6, 6.07) is 7.18. The molecule has 0 fully saturated rings. The molecule has 2 aromatic rings. The van der Waals surface area contributed by atoms with E-state index in [1.54, 1.807) is 19.1 Å². The fourth-order valence-electron chi connectivity index (χ4n) is 1.06. The molecule has 0 saturated carbocycles. The van der Waals surface area contributed by atoms with E-state index in [4.69, 9.17) is 39.9 Å². The molecule has 8 heteroatoms. The molecule has 0 unspecified atom stereocenters. The standard InChI is InChI=1S/C9H5Cl3N4.C2H6O/c10-5-3-1-2-4-6(5)13-9-15-7(11)14-8(12)16-9;1-2-3/h1-4H,(H,13,14,15,16);3H,2H2,1H3. The molecule has 1 aromatic carbocycles. The first-order valence-corrected chi connectivity index (χ1v) is 6.39. The number of aliphatic hydroxyl groups excluding tert-OH is 1. The Morgan fingerprint density at radius 2 is 1.58 bits per heavy atom. The number of halogens is 3. The van der Waals surface area contributed by atoms with Crippen molar-refractivity contribution in [2.75, 3.05) is 11.9 Å². The highest BCUT2D eigenvalue weighted by Gasteiger charge is 2.05. The Bertz CT molecular complexity index is 519. The molecule has 1 heterocycles. The summed E-state index contributed by atoms with van der Waals surface area (Å²) >= 11 is 17.2. The zero-order valence-corrected chi connectivity index (χ0v) is 12.2. The fourth-order valence-corrected chi connectivity index (χ4v) is 1.61. The first-order chi connectivity index (χ1) is 9.06. The zero-order chi connectivity index (χ0) is 14.3. The van der Waals surface area contributed by atoms with Crippen molar-refractivity contribution in [3.05, 3.63) is 39.9 Å². The molecule has 0 aliphatic rings. The van der Waals surface area contributed by atoms with Crippen LogP contribution < -0.4 is 5.32 Å². The lowest BCUT2D eigenvalue weighted by Gasteiger charge is -2.06. The molecule has 0 atom stereocenters. The highest BCUT2D eigenvalue weighted by atomic mass is 35.5. The predicted molar refractivity (Wildman–Crippen MR) is 77.3 cm³/mol. The minimum atomic E-state index is 0.0227. The van der Waals surface area contributed by atoms with Gasteiger partial charge in [0, 0.05) is 6.61 Å². The Morgan fingerprint density at radius 3 is 2.11 bits per heavy atom. The third-order valence-electron chi connectivity index (χ3n) is 1.70. The van der Waals surface area contributed by atoms with E-state index in [1.165, 1.54) is 0 Å². The summed E-state index contributed by atoms with van der Waals surface area (Å²) in [6.07, 6.45) is 0. The van der Waals surface area contributed by atoms with Gasteiger partial charge in [-0.2, -0.15) is 15.0 Å². The van der Waals surface area contributed by atoms with E-state index in [1.807, 2.05) is 12.1 Å². The highest BCUT2D eigenvalue weighted by Crippen LogP contribution is 2.23. The van der Waals surface area contributed by atoms with Gasteiger partial charge in [-0.3, -0.25) is 0 Å². The lowest BCUT2D eigenvalue weighted by atomic mass is 10.3. The van der Waals surface area contributed by atoms with Crippen LogP contribution in [0.1, 0.15) is 6.92 Å². The summed E-state index contributed by atoms with van der Waals surface area (Å²) in [6.45, 7) is 1.93. The summed E-state index contributed by atoms with van der Waals surface area (Å²) in [5.41, 5.74) is 0.669. The van der Waals surface area contributed by atoms with Gasteiger partial charge in [-0.25, -0.2) is 0 Å². The number of rotatable bonds is 2. The molecule has 0 aliphatic heterocycles. The van der Waals surface area contributed by atoms with Crippen molar-refractivity contribution >= 4 is 46.4 Å². The van der Waals surface area contributed by atoms with Crippen LogP contribution in [0, 0.1) is 0 Å². The number of nitrogens with one attached hydrogen (secondary N) is 1. The minimum Gasteiger partial charge on any atom is -0.397 e. The molecule has 2 rings (SSSR count). The third kappa shape index (κ3) is 5.57. The molecule has 5 nitrogen and oxygen atoms in total. The van der Waals surface area contributed by atoms with Crippen LogP contribution in [-0.4, -0.2) is 26.7 Å². The Labute approximate surface area is 125 Å². The second-order valence-electron chi connectivity index (χ2n) is 3.12. The van der Waals surface area contributed by atoms with E-state index < -0.39 is 0 Å². The van der Waals surface area contributed by atoms with Gasteiger partial charge >= 0.3 is 0 Å². The number of aromatic nitrogens is 3. The summed E-state index contributed by atoms with van der Waals surface area (Å²) in [4.78, 5) is 11.4. The van der Waals surface area contributed by atoms with Gasteiger partial charge in [-0.05, 0) is 42.3 Å². The molecular formula is C11H11Cl3N4O. The van der Waals surface area contributed by atoms with Crippen molar-refractivity contribution in [1.82, 2.24) is 15.0 Å². The molecule has 0 spiro atoms. The van der Waals surface area contributed by atoms with Crippen LogP contribution in [0.5, 0.6) is 0 Å². The Kier molecular flexibility index (Phi) is 6.80. The number of aliphatic hydroxyl groups is 1. The van der Waals surface area contributed by atoms with Gasteiger partial charge in [-0.1, -0.05) is 23.7 Å². The van der Waals surface area contributed by atoms with E-state index in [2.05, 4.69) is 20.3 Å². The topological polar surface area (TPSA) is 70.9 Å². The lowest BCUT2D eigenvalue weighted by Crippen LogP contribution is -1.99. The summed E-state index contributed by atoms with van der Waals surface area (Å²) in [5.74, 6) is 0.248. The van der Waals surface area contributed by atoms with E-state index >= 15 is 0 Å². The lowest BCUT2D eigenvalue weighted by molar-refractivity contribution is 0.318. The average molecular weight is 322 g/mol. The molecule has 2 N–H and O–H groups in total. The maximum atomic E-state index is 7.57. The van der Waals surface area contributed by atoms with Crippen molar-refractivity contribution in [1.29, 1.82) is 0 Å². The predicted octanol–water partition coefficient (Wildman–Crippen LogP) is 3.57. The van der Waals surface area contributed by atoms with Crippen LogP contribution in [-0.2, 0) is 0 Å². The third-order valence-corrected chi connectivity index (χ3v) is 2.37. The largest absolute Gasteiger partial charge is 0.397 e. The maximum absolute atomic E-state index is 7.57. The second-order valence-corrected chi connectivity index (χ2v) is 4.20. The van der Waals surface area contributed by atoms with Crippen molar-refractivity contribution < 1.29 is 5.11 Å². The molecule has 102 valence electrons. The van der Waals surface area contributed by atoms with Crippen LogP contribution in [0.2, 0.25) is 15.6 Å². The number of nitrogens with zero attached hydrogens (tertiary/aromatic N) is 3. The minimum absolute atomic E-state index is 0.0227. The van der Waals surface area contributed by atoms with E-state index in [0.717, 1.165) is 0 Å². The maximum Gasteiger partial charge on any atom is 0.232 e. The molecular weight excluding hydrogens is 311 g/mol. The van der Waals surface area contributed by atoms with Crippen molar-refractivity contribution in [2.24, 2.45) is 0 Å². The number of para-hydroxylation sites is 1. The smallest absolute Gasteiger partial charge is 0.232 e. The monoisotopic (exact) mass is 320 g/mol. The van der Waals surface area contributed by atoms with Gasteiger partial charge in [0.05, 0.1) is 10.7 Å². The van der Waals surface area contributed by atoms with Crippen molar-refractivity contribution in [3.8, 4) is 0 Å². The summed E-state index contributed by atoms with van der Waals surface area (Å²) in [7, 11) is 0. The van der Waals surface area contributed by atoms with Gasteiger partial charge in [0.2, 0.25) is 16.5 Å². The van der Waals surface area contributed by atoms with E-state index in [-0.39, 0.29) is 23.1 Å². The number of hydrogen-bond acceptors (Lipinski definition) is 5. The quantitative estimate of drug-likeness (QED) is 0.884. The van der Waals surface area contributed by atoms with Gasteiger partial charge in [0.15, 0.2) is 0 Å².